The van der Waals surface area contributed by atoms with Crippen LogP contribution >= 0.6 is 15.9 Å². The third-order valence-corrected chi connectivity index (χ3v) is 3.72. The van der Waals surface area contributed by atoms with Gasteiger partial charge in [-0.1, -0.05) is 22.0 Å². The smallest absolute Gasteiger partial charge is 0.128 e. The Kier molecular flexibility index (Phi) is 3.29. The molecule has 82 valence electrons. The molecule has 0 aromatic carbocycles. The van der Waals surface area contributed by atoms with Crippen LogP contribution in [0.5, 0.6) is 0 Å². The van der Waals surface area contributed by atoms with Crippen molar-refractivity contribution in [3.63, 3.8) is 0 Å². The summed E-state index contributed by atoms with van der Waals surface area (Å²) in [4.78, 5) is 7.53. The van der Waals surface area contributed by atoms with E-state index in [2.05, 4.69) is 45.0 Å². The number of alkyl halides is 1. The number of rotatable bonds is 3. The predicted octanol–water partition coefficient (Wildman–Crippen LogP) is 3.00. The second-order valence-corrected chi connectivity index (χ2v) is 5.75. The van der Waals surface area contributed by atoms with E-state index < -0.39 is 0 Å². The number of anilines is 1. The summed E-state index contributed by atoms with van der Waals surface area (Å²) in [6.45, 7) is 3.16. The topological polar surface area (TPSA) is 16.1 Å². The Balaban J connectivity index is 1.93. The maximum atomic E-state index is 4.52. The van der Waals surface area contributed by atoms with Crippen LogP contribution in [0.15, 0.2) is 18.2 Å². The number of halogens is 1. The standard InChI is InChI=1S/C12H17BrN2/c1-9-4-3-5-12(14-9)15(2)8-10-6-11(13)7-10/h3-5,10-11H,6-8H2,1-2H3. The molecule has 2 nitrogen and oxygen atoms in total. The zero-order chi connectivity index (χ0) is 10.8. The van der Waals surface area contributed by atoms with Gasteiger partial charge in [-0.05, 0) is 37.8 Å². The maximum absolute atomic E-state index is 4.52. The van der Waals surface area contributed by atoms with Crippen LogP contribution in [0, 0.1) is 12.8 Å². The lowest BCUT2D eigenvalue weighted by Gasteiger charge is -2.34. The highest BCUT2D eigenvalue weighted by Gasteiger charge is 2.27. The molecular weight excluding hydrogens is 252 g/mol. The van der Waals surface area contributed by atoms with Gasteiger partial charge in [-0.2, -0.15) is 0 Å². The molecule has 0 radical (unpaired) electrons. The van der Waals surface area contributed by atoms with Crippen LogP contribution in [0.25, 0.3) is 0 Å². The number of hydrogen-bond acceptors (Lipinski definition) is 2. The first-order valence-corrected chi connectivity index (χ1v) is 6.35. The van der Waals surface area contributed by atoms with Crippen LogP contribution < -0.4 is 4.90 Å². The van der Waals surface area contributed by atoms with Crippen molar-refractivity contribution < 1.29 is 0 Å². The summed E-state index contributed by atoms with van der Waals surface area (Å²) in [6, 6.07) is 6.19. The van der Waals surface area contributed by atoms with Crippen molar-refractivity contribution in [2.45, 2.75) is 24.6 Å². The quantitative estimate of drug-likeness (QED) is 0.784. The second kappa shape index (κ2) is 4.52. The zero-order valence-corrected chi connectivity index (χ0v) is 10.9. The fourth-order valence-corrected chi connectivity index (χ4v) is 3.08. The van der Waals surface area contributed by atoms with Gasteiger partial charge in [0.25, 0.3) is 0 Å². The van der Waals surface area contributed by atoms with E-state index in [4.69, 9.17) is 0 Å². The van der Waals surface area contributed by atoms with Crippen molar-refractivity contribution in [1.29, 1.82) is 0 Å². The Hall–Kier alpha value is -0.570. The van der Waals surface area contributed by atoms with Crippen molar-refractivity contribution in [3.05, 3.63) is 23.9 Å². The van der Waals surface area contributed by atoms with Gasteiger partial charge in [-0.3, -0.25) is 0 Å². The highest BCUT2D eigenvalue weighted by Crippen LogP contribution is 2.34. The van der Waals surface area contributed by atoms with E-state index in [1.165, 1.54) is 12.8 Å². The third kappa shape index (κ3) is 2.71. The summed E-state index contributed by atoms with van der Waals surface area (Å²) < 4.78 is 0. The van der Waals surface area contributed by atoms with E-state index in [1.54, 1.807) is 0 Å². The van der Waals surface area contributed by atoms with Gasteiger partial charge >= 0.3 is 0 Å². The molecule has 1 fully saturated rings. The van der Waals surface area contributed by atoms with Crippen LogP contribution in [-0.2, 0) is 0 Å². The van der Waals surface area contributed by atoms with E-state index in [0.29, 0.717) is 0 Å². The molecule has 1 aliphatic carbocycles. The molecule has 1 aliphatic rings. The summed E-state index contributed by atoms with van der Waals surface area (Å²) in [5, 5.41) is 0. The summed E-state index contributed by atoms with van der Waals surface area (Å²) in [5.74, 6) is 1.93. The van der Waals surface area contributed by atoms with Gasteiger partial charge in [0, 0.05) is 24.1 Å². The van der Waals surface area contributed by atoms with Gasteiger partial charge in [0.2, 0.25) is 0 Å². The lowest BCUT2D eigenvalue weighted by atomic mass is 9.85. The molecule has 3 heteroatoms. The lowest BCUT2D eigenvalue weighted by Crippen LogP contribution is -2.34. The maximum Gasteiger partial charge on any atom is 0.128 e. The molecule has 2 rings (SSSR count). The van der Waals surface area contributed by atoms with Crippen molar-refractivity contribution >= 4 is 21.7 Å². The van der Waals surface area contributed by atoms with Gasteiger partial charge in [0.05, 0.1) is 0 Å². The molecule has 0 amide bonds. The minimum atomic E-state index is 0.751. The van der Waals surface area contributed by atoms with Crippen molar-refractivity contribution in [3.8, 4) is 0 Å². The van der Waals surface area contributed by atoms with E-state index in [-0.39, 0.29) is 0 Å². The molecule has 0 unspecified atom stereocenters. The largest absolute Gasteiger partial charge is 0.359 e. The minimum absolute atomic E-state index is 0.751. The Bertz CT molecular complexity index is 334. The first-order valence-electron chi connectivity index (χ1n) is 5.44. The van der Waals surface area contributed by atoms with Gasteiger partial charge in [0.15, 0.2) is 0 Å². The number of hydrogen-bond donors (Lipinski definition) is 0. The monoisotopic (exact) mass is 268 g/mol. The van der Waals surface area contributed by atoms with Gasteiger partial charge < -0.3 is 4.90 Å². The number of aromatic nitrogens is 1. The molecule has 1 saturated carbocycles. The third-order valence-electron chi connectivity index (χ3n) is 2.97. The zero-order valence-electron chi connectivity index (χ0n) is 9.28. The molecule has 0 bridgehead atoms. The van der Waals surface area contributed by atoms with E-state index in [0.717, 1.165) is 28.8 Å². The second-order valence-electron chi connectivity index (χ2n) is 4.45. The first kappa shape index (κ1) is 10.9. The highest BCUT2D eigenvalue weighted by atomic mass is 79.9. The average Bonchev–Trinajstić information content (AvgIpc) is 2.15. The molecule has 1 heterocycles. The number of pyridine rings is 1. The minimum Gasteiger partial charge on any atom is -0.359 e. The summed E-state index contributed by atoms with van der Waals surface area (Å²) in [6.07, 6.45) is 2.60. The average molecular weight is 269 g/mol. The van der Waals surface area contributed by atoms with Gasteiger partial charge in [-0.15, -0.1) is 0 Å². The van der Waals surface area contributed by atoms with Crippen molar-refractivity contribution in [1.82, 2.24) is 4.98 Å². The molecule has 0 spiro atoms. The summed E-state index contributed by atoms with van der Waals surface area (Å²) in [7, 11) is 2.13. The van der Waals surface area contributed by atoms with Gasteiger partial charge in [-0.25, -0.2) is 4.98 Å². The fraction of sp³-hybridized carbons (Fsp3) is 0.583. The highest BCUT2D eigenvalue weighted by molar-refractivity contribution is 9.09. The normalized spacial score (nSPS) is 24.7. The van der Waals surface area contributed by atoms with Crippen molar-refractivity contribution in [2.24, 2.45) is 5.92 Å². The number of aryl methyl sites for hydroxylation is 1. The van der Waals surface area contributed by atoms with Crippen molar-refractivity contribution in [2.75, 3.05) is 18.5 Å². The molecule has 0 saturated heterocycles. The van der Waals surface area contributed by atoms with Crippen LogP contribution in [0.2, 0.25) is 0 Å². The Morgan fingerprint density at radius 3 is 2.80 bits per heavy atom. The van der Waals surface area contributed by atoms with Crippen LogP contribution in [0.3, 0.4) is 0 Å². The SMILES string of the molecule is Cc1cccc(N(C)CC2CC(Br)C2)n1. The lowest BCUT2D eigenvalue weighted by molar-refractivity contribution is 0.338. The molecule has 0 N–H and O–H groups in total. The Morgan fingerprint density at radius 2 is 2.20 bits per heavy atom. The summed E-state index contributed by atoms with van der Waals surface area (Å²) >= 11 is 3.62. The van der Waals surface area contributed by atoms with Crippen LogP contribution in [0.4, 0.5) is 5.82 Å². The molecule has 15 heavy (non-hydrogen) atoms. The van der Waals surface area contributed by atoms with E-state index in [9.17, 15) is 0 Å². The summed E-state index contributed by atoms with van der Waals surface area (Å²) in [5.41, 5.74) is 1.09. The molecule has 0 aliphatic heterocycles. The molecule has 0 atom stereocenters. The number of nitrogens with zero attached hydrogens (tertiary/aromatic N) is 2. The molecular formula is C12H17BrN2. The van der Waals surface area contributed by atoms with Crippen LogP contribution in [0.1, 0.15) is 18.5 Å². The fourth-order valence-electron chi connectivity index (χ4n) is 2.03. The van der Waals surface area contributed by atoms with Gasteiger partial charge in [0.1, 0.15) is 5.82 Å². The predicted molar refractivity (Wildman–Crippen MR) is 67.7 cm³/mol. The van der Waals surface area contributed by atoms with Crippen LogP contribution in [-0.4, -0.2) is 23.4 Å². The Morgan fingerprint density at radius 1 is 1.47 bits per heavy atom. The molecule has 1 aromatic rings. The first-order chi connectivity index (χ1) is 7.15. The molecule has 1 aromatic heterocycles. The van der Waals surface area contributed by atoms with E-state index >= 15 is 0 Å². The van der Waals surface area contributed by atoms with E-state index in [1.807, 2.05) is 13.0 Å². The Labute approximate surface area is 99.8 Å².